The Bertz CT molecular complexity index is 215. The highest BCUT2D eigenvalue weighted by Gasteiger charge is 2.37. The molecule has 1 unspecified atom stereocenters. The molecule has 1 fully saturated rings. The molecule has 1 rings (SSSR count). The Morgan fingerprint density at radius 2 is 2.25 bits per heavy atom. The molecule has 1 heterocycles. The van der Waals surface area contributed by atoms with Crippen LogP contribution < -0.4 is 11.1 Å². The fourth-order valence-corrected chi connectivity index (χ4v) is 1.45. The van der Waals surface area contributed by atoms with Gasteiger partial charge in [-0.3, -0.25) is 14.9 Å². The van der Waals surface area contributed by atoms with Crippen LogP contribution >= 0.6 is 0 Å². The zero-order chi connectivity index (χ0) is 9.19. The first-order valence-electron chi connectivity index (χ1n) is 4.21. The molecule has 4 nitrogen and oxygen atoms in total. The molecule has 1 saturated heterocycles. The number of nitrogens with one attached hydrogen (secondary N) is 1. The third-order valence-corrected chi connectivity index (χ3v) is 2.20. The smallest absolute Gasteiger partial charge is 0.246 e. The zero-order valence-corrected chi connectivity index (χ0v) is 7.22. The van der Waals surface area contributed by atoms with Crippen LogP contribution in [0.5, 0.6) is 0 Å². The molecule has 1 aliphatic rings. The first-order valence-corrected chi connectivity index (χ1v) is 4.21. The molecule has 2 amide bonds. The maximum Gasteiger partial charge on any atom is 0.246 e. The lowest BCUT2D eigenvalue weighted by Crippen LogP contribution is -2.59. The van der Waals surface area contributed by atoms with Crippen LogP contribution in [0.2, 0.25) is 0 Å². The molecule has 0 saturated carbocycles. The molecule has 0 radical (unpaired) electrons. The summed E-state index contributed by atoms with van der Waals surface area (Å²) >= 11 is 0. The summed E-state index contributed by atoms with van der Waals surface area (Å²) in [5.74, 6) is -0.530. The van der Waals surface area contributed by atoms with Gasteiger partial charge in [0.25, 0.3) is 0 Å². The van der Waals surface area contributed by atoms with E-state index in [2.05, 4.69) is 5.32 Å². The van der Waals surface area contributed by atoms with Crippen LogP contribution in [-0.4, -0.2) is 17.4 Å². The van der Waals surface area contributed by atoms with Gasteiger partial charge in [-0.1, -0.05) is 13.3 Å². The SMILES string of the molecule is CCCC1(N)CCC(=O)NC1=O. The van der Waals surface area contributed by atoms with Crippen LogP contribution in [0.1, 0.15) is 32.6 Å². The summed E-state index contributed by atoms with van der Waals surface area (Å²) in [6, 6.07) is 0. The number of imide groups is 1. The Morgan fingerprint density at radius 3 is 2.75 bits per heavy atom. The minimum absolute atomic E-state index is 0.211. The van der Waals surface area contributed by atoms with Gasteiger partial charge in [0.15, 0.2) is 0 Å². The Morgan fingerprint density at radius 1 is 1.58 bits per heavy atom. The second-order valence-corrected chi connectivity index (χ2v) is 3.28. The van der Waals surface area contributed by atoms with Crippen molar-refractivity contribution in [2.45, 2.75) is 38.1 Å². The minimum Gasteiger partial charge on any atom is -0.317 e. The number of carbonyl (C=O) groups is 2. The van der Waals surface area contributed by atoms with E-state index in [0.717, 1.165) is 6.42 Å². The van der Waals surface area contributed by atoms with Crippen molar-refractivity contribution >= 4 is 11.8 Å². The second-order valence-electron chi connectivity index (χ2n) is 3.28. The fourth-order valence-electron chi connectivity index (χ4n) is 1.45. The molecule has 0 aromatic heterocycles. The highest BCUT2D eigenvalue weighted by atomic mass is 16.2. The van der Waals surface area contributed by atoms with E-state index in [1.165, 1.54) is 0 Å². The summed E-state index contributed by atoms with van der Waals surface area (Å²) in [7, 11) is 0. The van der Waals surface area contributed by atoms with Crippen molar-refractivity contribution in [3.8, 4) is 0 Å². The van der Waals surface area contributed by atoms with E-state index in [1.807, 2.05) is 6.92 Å². The Labute approximate surface area is 71.5 Å². The summed E-state index contributed by atoms with van der Waals surface area (Å²) in [4.78, 5) is 22.0. The molecule has 68 valence electrons. The first-order chi connectivity index (χ1) is 5.58. The highest BCUT2D eigenvalue weighted by molar-refractivity contribution is 6.02. The lowest BCUT2D eigenvalue weighted by atomic mass is 9.86. The fraction of sp³-hybridized carbons (Fsp3) is 0.750. The van der Waals surface area contributed by atoms with Gasteiger partial charge < -0.3 is 5.73 Å². The quantitative estimate of drug-likeness (QED) is 0.569. The van der Waals surface area contributed by atoms with Crippen molar-refractivity contribution in [3.05, 3.63) is 0 Å². The van der Waals surface area contributed by atoms with E-state index >= 15 is 0 Å². The van der Waals surface area contributed by atoms with Crippen LogP contribution in [0.4, 0.5) is 0 Å². The van der Waals surface area contributed by atoms with E-state index in [9.17, 15) is 9.59 Å². The van der Waals surface area contributed by atoms with Crippen molar-refractivity contribution < 1.29 is 9.59 Å². The molecule has 3 N–H and O–H groups in total. The van der Waals surface area contributed by atoms with Gasteiger partial charge in [-0.15, -0.1) is 0 Å². The van der Waals surface area contributed by atoms with E-state index < -0.39 is 5.54 Å². The lowest BCUT2D eigenvalue weighted by molar-refractivity contribution is -0.137. The number of amides is 2. The van der Waals surface area contributed by atoms with Gasteiger partial charge in [0, 0.05) is 6.42 Å². The number of piperidine rings is 1. The third kappa shape index (κ3) is 1.64. The molecule has 1 aliphatic heterocycles. The second kappa shape index (κ2) is 3.23. The van der Waals surface area contributed by atoms with Gasteiger partial charge >= 0.3 is 0 Å². The summed E-state index contributed by atoms with van der Waals surface area (Å²) in [5.41, 5.74) is 5.01. The Hall–Kier alpha value is -0.900. The van der Waals surface area contributed by atoms with Gasteiger partial charge in [-0.2, -0.15) is 0 Å². The Kier molecular flexibility index (Phi) is 2.47. The largest absolute Gasteiger partial charge is 0.317 e. The summed E-state index contributed by atoms with van der Waals surface area (Å²) in [6.45, 7) is 1.97. The van der Waals surface area contributed by atoms with Gasteiger partial charge in [0.2, 0.25) is 11.8 Å². The summed E-state index contributed by atoms with van der Waals surface area (Å²) < 4.78 is 0. The molecule has 4 heteroatoms. The predicted molar refractivity (Wildman–Crippen MR) is 44.2 cm³/mol. The summed E-state index contributed by atoms with van der Waals surface area (Å²) in [5, 5.41) is 2.25. The third-order valence-electron chi connectivity index (χ3n) is 2.20. The zero-order valence-electron chi connectivity index (χ0n) is 7.22. The van der Waals surface area contributed by atoms with E-state index in [1.54, 1.807) is 0 Å². The van der Waals surface area contributed by atoms with Crippen LogP contribution in [0.25, 0.3) is 0 Å². The van der Waals surface area contributed by atoms with Crippen molar-refractivity contribution in [2.75, 3.05) is 0 Å². The van der Waals surface area contributed by atoms with E-state index in [4.69, 9.17) is 5.73 Å². The Balaban J connectivity index is 2.66. The molecule has 0 aromatic carbocycles. The van der Waals surface area contributed by atoms with E-state index in [-0.39, 0.29) is 11.8 Å². The molecule has 0 aromatic rings. The number of nitrogens with two attached hydrogens (primary N) is 1. The predicted octanol–water partition coefficient (Wildman–Crippen LogP) is -0.0794. The number of hydrogen-bond donors (Lipinski definition) is 2. The van der Waals surface area contributed by atoms with Crippen LogP contribution in [0.15, 0.2) is 0 Å². The number of hydrogen-bond acceptors (Lipinski definition) is 3. The molecule has 12 heavy (non-hydrogen) atoms. The number of carbonyl (C=O) groups excluding carboxylic acids is 2. The maximum atomic E-state index is 11.3. The average Bonchev–Trinajstić information content (AvgIpc) is 1.99. The molecular formula is C8H14N2O2. The minimum atomic E-state index is -0.803. The topological polar surface area (TPSA) is 72.2 Å². The van der Waals surface area contributed by atoms with Crippen LogP contribution in [0, 0.1) is 0 Å². The molecule has 1 atom stereocenters. The molecule has 0 aliphatic carbocycles. The van der Waals surface area contributed by atoms with Gasteiger partial charge in [0.05, 0.1) is 5.54 Å². The highest BCUT2D eigenvalue weighted by Crippen LogP contribution is 2.20. The van der Waals surface area contributed by atoms with Crippen molar-refractivity contribution in [3.63, 3.8) is 0 Å². The standard InChI is InChI=1S/C8H14N2O2/c1-2-4-8(9)5-3-6(11)10-7(8)12/h2-5,9H2,1H3,(H,10,11,12). The molecule has 0 bridgehead atoms. The average molecular weight is 170 g/mol. The maximum absolute atomic E-state index is 11.3. The van der Waals surface area contributed by atoms with Gasteiger partial charge in [-0.05, 0) is 12.8 Å². The van der Waals surface area contributed by atoms with Crippen molar-refractivity contribution in [1.82, 2.24) is 5.32 Å². The van der Waals surface area contributed by atoms with E-state index in [0.29, 0.717) is 19.3 Å². The number of rotatable bonds is 2. The van der Waals surface area contributed by atoms with Crippen molar-refractivity contribution in [2.24, 2.45) is 5.73 Å². The van der Waals surface area contributed by atoms with Gasteiger partial charge in [-0.25, -0.2) is 0 Å². The first kappa shape index (κ1) is 9.19. The summed E-state index contributed by atoms with van der Waals surface area (Å²) in [6.07, 6.45) is 2.35. The normalized spacial score (nSPS) is 30.2. The van der Waals surface area contributed by atoms with Gasteiger partial charge in [0.1, 0.15) is 0 Å². The van der Waals surface area contributed by atoms with Crippen LogP contribution in [-0.2, 0) is 9.59 Å². The molecular weight excluding hydrogens is 156 g/mol. The monoisotopic (exact) mass is 170 g/mol. The van der Waals surface area contributed by atoms with Crippen molar-refractivity contribution in [1.29, 1.82) is 0 Å². The molecule has 0 spiro atoms. The van der Waals surface area contributed by atoms with Crippen LogP contribution in [0.3, 0.4) is 0 Å². The lowest BCUT2D eigenvalue weighted by Gasteiger charge is -2.30.